The third-order valence-electron chi connectivity index (χ3n) is 4.97. The van der Waals surface area contributed by atoms with Gasteiger partial charge in [0.25, 0.3) is 0 Å². The highest BCUT2D eigenvalue weighted by Crippen LogP contribution is 2.41. The van der Waals surface area contributed by atoms with Crippen molar-refractivity contribution in [2.24, 2.45) is 0 Å². The minimum Gasteiger partial charge on any atom is -0.490 e. The zero-order chi connectivity index (χ0) is 19.2. The first-order valence-electron chi connectivity index (χ1n) is 8.77. The van der Waals surface area contributed by atoms with E-state index in [2.05, 4.69) is 31.9 Å². The number of hydrogen-bond acceptors (Lipinski definition) is 4. The molecule has 27 heavy (non-hydrogen) atoms. The van der Waals surface area contributed by atoms with E-state index in [1.54, 1.807) is 16.4 Å². The number of fused-ring (bicyclic) bond motifs is 2. The number of hydrogen-bond donors (Lipinski definition) is 0. The van der Waals surface area contributed by atoms with Crippen molar-refractivity contribution in [3.05, 3.63) is 50.4 Å². The normalized spacial score (nSPS) is 20.0. The predicted octanol–water partition coefficient (Wildman–Crippen LogP) is 4.68. The van der Waals surface area contributed by atoms with E-state index in [-0.39, 0.29) is 10.9 Å². The lowest BCUT2D eigenvalue weighted by Crippen LogP contribution is -2.39. The molecule has 0 unspecified atom stereocenters. The van der Waals surface area contributed by atoms with Gasteiger partial charge >= 0.3 is 0 Å². The van der Waals surface area contributed by atoms with Crippen LogP contribution in [0.25, 0.3) is 0 Å². The van der Waals surface area contributed by atoms with E-state index in [1.165, 1.54) is 0 Å². The molecule has 5 nitrogen and oxygen atoms in total. The molecule has 1 atom stereocenters. The van der Waals surface area contributed by atoms with Crippen molar-refractivity contribution in [1.82, 2.24) is 4.31 Å². The molecule has 8 heteroatoms. The van der Waals surface area contributed by atoms with Crippen molar-refractivity contribution in [2.75, 3.05) is 19.8 Å². The van der Waals surface area contributed by atoms with Crippen molar-refractivity contribution in [3.8, 4) is 11.5 Å². The fourth-order valence-electron chi connectivity index (χ4n) is 3.58. The van der Waals surface area contributed by atoms with E-state index < -0.39 is 10.0 Å². The molecule has 4 rings (SSSR count). The van der Waals surface area contributed by atoms with Crippen molar-refractivity contribution in [3.63, 3.8) is 0 Å². The topological polar surface area (TPSA) is 55.8 Å². The fourth-order valence-corrected chi connectivity index (χ4v) is 6.66. The molecule has 0 fully saturated rings. The second-order valence-corrected chi connectivity index (χ2v) is 10.3. The minimum atomic E-state index is -3.65. The lowest BCUT2D eigenvalue weighted by Gasteiger charge is -2.35. The quantitative estimate of drug-likeness (QED) is 0.581. The average Bonchev–Trinajstić information content (AvgIpc) is 2.87. The van der Waals surface area contributed by atoms with Crippen LogP contribution in [0.15, 0.2) is 44.2 Å². The second kappa shape index (κ2) is 7.39. The monoisotopic (exact) mass is 515 g/mol. The molecule has 0 saturated carbocycles. The maximum Gasteiger partial charge on any atom is 0.244 e. The van der Waals surface area contributed by atoms with Crippen LogP contribution in [0.4, 0.5) is 0 Å². The Morgan fingerprint density at radius 3 is 2.52 bits per heavy atom. The highest BCUT2D eigenvalue weighted by Gasteiger charge is 2.36. The number of rotatable bonds is 2. The Kier molecular flexibility index (Phi) is 5.26. The van der Waals surface area contributed by atoms with Crippen LogP contribution in [0.1, 0.15) is 30.5 Å². The second-order valence-electron chi connectivity index (χ2n) is 6.66. The Bertz CT molecular complexity index is 993. The Hall–Kier alpha value is -1.09. The smallest absolute Gasteiger partial charge is 0.244 e. The van der Waals surface area contributed by atoms with Crippen LogP contribution in [-0.2, 0) is 16.4 Å². The summed E-state index contributed by atoms with van der Waals surface area (Å²) in [6, 6.07) is 8.84. The maximum atomic E-state index is 13.3. The summed E-state index contributed by atoms with van der Waals surface area (Å²) in [5, 5.41) is 0. The molecular weight excluding hydrogens is 498 g/mol. The number of nitrogens with zero attached hydrogens (tertiary/aromatic N) is 1. The Morgan fingerprint density at radius 2 is 1.78 bits per heavy atom. The lowest BCUT2D eigenvalue weighted by molar-refractivity contribution is 0.296. The Balaban J connectivity index is 1.74. The first-order chi connectivity index (χ1) is 12.9. The molecule has 0 N–H and O–H groups in total. The molecule has 2 aliphatic rings. The zero-order valence-electron chi connectivity index (χ0n) is 14.7. The highest BCUT2D eigenvalue weighted by atomic mass is 79.9. The summed E-state index contributed by atoms with van der Waals surface area (Å²) in [6.07, 6.45) is 1.48. The van der Waals surface area contributed by atoms with Gasteiger partial charge in [0.1, 0.15) is 0 Å². The van der Waals surface area contributed by atoms with Gasteiger partial charge in [-0.15, -0.1) is 0 Å². The summed E-state index contributed by atoms with van der Waals surface area (Å²) in [5.74, 6) is 1.45. The van der Waals surface area contributed by atoms with Crippen molar-refractivity contribution >= 4 is 41.9 Å². The standard InChI is InChI=1S/C19H19Br2NO4S/c1-12-15-11-18-17(25-7-2-8-26-18)9-13(15)5-6-22(12)27(23,24)19-10-14(20)3-4-16(19)21/h3-4,9-12H,2,5-8H2,1H3/t12-/m0/s1. The van der Waals surface area contributed by atoms with Crippen LogP contribution in [0.3, 0.4) is 0 Å². The Morgan fingerprint density at radius 1 is 1.07 bits per heavy atom. The highest BCUT2D eigenvalue weighted by molar-refractivity contribution is 9.11. The van der Waals surface area contributed by atoms with Gasteiger partial charge in [0.2, 0.25) is 10.0 Å². The van der Waals surface area contributed by atoms with Gasteiger partial charge in [-0.25, -0.2) is 8.42 Å². The summed E-state index contributed by atoms with van der Waals surface area (Å²) in [5.41, 5.74) is 2.09. The first kappa shape index (κ1) is 19.2. The van der Waals surface area contributed by atoms with Crippen LogP contribution in [0, 0.1) is 0 Å². The summed E-state index contributed by atoms with van der Waals surface area (Å²) >= 11 is 6.75. The molecule has 144 valence electrons. The molecule has 0 bridgehead atoms. The van der Waals surface area contributed by atoms with Crippen LogP contribution < -0.4 is 9.47 Å². The Labute approximate surface area is 176 Å². The predicted molar refractivity (Wildman–Crippen MR) is 110 cm³/mol. The van der Waals surface area contributed by atoms with Gasteiger partial charge < -0.3 is 9.47 Å². The number of sulfonamides is 1. The van der Waals surface area contributed by atoms with E-state index in [9.17, 15) is 8.42 Å². The number of benzene rings is 2. The van der Waals surface area contributed by atoms with Gasteiger partial charge in [-0.3, -0.25) is 0 Å². The summed E-state index contributed by atoms with van der Waals surface area (Å²) in [4.78, 5) is 0.265. The minimum absolute atomic E-state index is 0.265. The lowest BCUT2D eigenvalue weighted by atomic mass is 9.94. The summed E-state index contributed by atoms with van der Waals surface area (Å²) < 4.78 is 41.1. The molecule has 0 spiro atoms. The molecule has 2 aliphatic heterocycles. The molecule has 0 amide bonds. The van der Waals surface area contributed by atoms with E-state index in [4.69, 9.17) is 9.47 Å². The van der Waals surface area contributed by atoms with E-state index in [0.717, 1.165) is 27.8 Å². The van der Waals surface area contributed by atoms with Gasteiger partial charge in [0.05, 0.1) is 18.1 Å². The van der Waals surface area contributed by atoms with Gasteiger partial charge in [0.15, 0.2) is 11.5 Å². The van der Waals surface area contributed by atoms with Crippen molar-refractivity contribution < 1.29 is 17.9 Å². The zero-order valence-corrected chi connectivity index (χ0v) is 18.7. The van der Waals surface area contributed by atoms with Crippen LogP contribution >= 0.6 is 31.9 Å². The van der Waals surface area contributed by atoms with E-state index in [0.29, 0.717) is 36.4 Å². The molecule has 0 aliphatic carbocycles. The van der Waals surface area contributed by atoms with Crippen LogP contribution in [0.2, 0.25) is 0 Å². The molecule has 0 radical (unpaired) electrons. The summed E-state index contributed by atoms with van der Waals surface area (Å²) in [6.45, 7) is 3.59. The molecule has 0 aromatic heterocycles. The largest absolute Gasteiger partial charge is 0.490 e. The van der Waals surface area contributed by atoms with Gasteiger partial charge in [0, 0.05) is 28.0 Å². The van der Waals surface area contributed by atoms with E-state index in [1.807, 2.05) is 25.1 Å². The summed E-state index contributed by atoms with van der Waals surface area (Å²) in [7, 11) is -3.65. The average molecular weight is 517 g/mol. The molecule has 0 saturated heterocycles. The fraction of sp³-hybridized carbons (Fsp3) is 0.368. The van der Waals surface area contributed by atoms with E-state index >= 15 is 0 Å². The van der Waals surface area contributed by atoms with Gasteiger partial charge in [-0.1, -0.05) is 15.9 Å². The van der Waals surface area contributed by atoms with Gasteiger partial charge in [-0.05, 0) is 70.7 Å². The molecular formula is C19H19Br2NO4S. The van der Waals surface area contributed by atoms with Crippen LogP contribution in [-0.4, -0.2) is 32.5 Å². The molecule has 2 aromatic carbocycles. The van der Waals surface area contributed by atoms with Crippen molar-refractivity contribution in [1.29, 1.82) is 0 Å². The third kappa shape index (κ3) is 3.52. The first-order valence-corrected chi connectivity index (χ1v) is 11.8. The molecule has 2 aromatic rings. The van der Waals surface area contributed by atoms with Crippen molar-refractivity contribution in [2.45, 2.75) is 30.7 Å². The SMILES string of the molecule is C[C@H]1c2cc3c(cc2CCN1S(=O)(=O)c1cc(Br)ccc1Br)OCCCO3. The third-order valence-corrected chi connectivity index (χ3v) is 8.43. The van der Waals surface area contributed by atoms with Crippen LogP contribution in [0.5, 0.6) is 11.5 Å². The van der Waals surface area contributed by atoms with Gasteiger partial charge in [-0.2, -0.15) is 4.31 Å². The number of ether oxygens (including phenoxy) is 2. The maximum absolute atomic E-state index is 13.3. The molecule has 2 heterocycles. The number of halogens is 2.